The number of aryl methyl sites for hydroxylation is 1. The van der Waals surface area contributed by atoms with Crippen molar-refractivity contribution in [3.8, 4) is 5.75 Å². The molecular weight excluding hydrogens is 216 g/mol. The lowest BCUT2D eigenvalue weighted by Crippen LogP contribution is -2.07. The van der Waals surface area contributed by atoms with Gasteiger partial charge < -0.3 is 10.5 Å². The van der Waals surface area contributed by atoms with Crippen molar-refractivity contribution in [3.63, 3.8) is 0 Å². The van der Waals surface area contributed by atoms with Crippen LogP contribution in [0.25, 0.3) is 0 Å². The lowest BCUT2D eigenvalue weighted by atomic mass is 10.1. The zero-order valence-electron chi connectivity index (χ0n) is 9.84. The van der Waals surface area contributed by atoms with E-state index in [1.807, 2.05) is 31.3 Å². The van der Waals surface area contributed by atoms with Gasteiger partial charge >= 0.3 is 0 Å². The number of benzene rings is 1. The van der Waals surface area contributed by atoms with E-state index >= 15 is 0 Å². The lowest BCUT2D eigenvalue weighted by Gasteiger charge is -2.10. The van der Waals surface area contributed by atoms with Gasteiger partial charge in [0.2, 0.25) is 0 Å². The number of ether oxygens (including phenoxy) is 1. The fraction of sp³-hybridized carbons (Fsp3) is 0.333. The van der Waals surface area contributed by atoms with E-state index in [1.165, 1.54) is 6.33 Å². The van der Waals surface area contributed by atoms with E-state index in [1.54, 1.807) is 4.68 Å². The van der Waals surface area contributed by atoms with Crippen molar-refractivity contribution in [2.75, 3.05) is 6.54 Å². The van der Waals surface area contributed by atoms with E-state index < -0.39 is 0 Å². The molecule has 17 heavy (non-hydrogen) atoms. The number of para-hydroxylation sites is 1. The fourth-order valence-corrected chi connectivity index (χ4v) is 1.60. The van der Waals surface area contributed by atoms with Gasteiger partial charge in [0.05, 0.1) is 0 Å². The number of hydrogen-bond acceptors (Lipinski definition) is 4. The van der Waals surface area contributed by atoms with Gasteiger partial charge in [-0.15, -0.1) is 0 Å². The lowest BCUT2D eigenvalue weighted by molar-refractivity contribution is 0.287. The first-order chi connectivity index (χ1) is 8.31. The van der Waals surface area contributed by atoms with E-state index in [2.05, 4.69) is 10.1 Å². The molecule has 2 aromatic rings. The molecular formula is C12H16N4O. The van der Waals surface area contributed by atoms with Crippen LogP contribution in [-0.2, 0) is 20.1 Å². The summed E-state index contributed by atoms with van der Waals surface area (Å²) < 4.78 is 7.44. The van der Waals surface area contributed by atoms with Crippen LogP contribution in [0.1, 0.15) is 11.4 Å². The van der Waals surface area contributed by atoms with Crippen LogP contribution in [0.15, 0.2) is 30.6 Å². The molecule has 0 saturated heterocycles. The molecule has 0 unspecified atom stereocenters. The standard InChI is InChI=1S/C12H16N4O/c1-16-12(14-9-15-16)8-17-11-5-3-2-4-10(11)6-7-13/h2-5,9H,6-8,13H2,1H3. The van der Waals surface area contributed by atoms with Gasteiger partial charge in [-0.3, -0.25) is 4.68 Å². The van der Waals surface area contributed by atoms with Gasteiger partial charge in [0.15, 0.2) is 5.82 Å². The average molecular weight is 232 g/mol. The van der Waals surface area contributed by atoms with E-state index in [0.29, 0.717) is 13.2 Å². The zero-order valence-corrected chi connectivity index (χ0v) is 9.84. The van der Waals surface area contributed by atoms with Crippen molar-refractivity contribution in [1.82, 2.24) is 14.8 Å². The van der Waals surface area contributed by atoms with Crippen LogP contribution in [0.3, 0.4) is 0 Å². The second kappa shape index (κ2) is 5.45. The Kier molecular flexibility index (Phi) is 3.72. The fourth-order valence-electron chi connectivity index (χ4n) is 1.60. The summed E-state index contributed by atoms with van der Waals surface area (Å²) in [6.07, 6.45) is 2.33. The van der Waals surface area contributed by atoms with E-state index in [0.717, 1.165) is 23.6 Å². The maximum absolute atomic E-state index is 5.74. The molecule has 2 rings (SSSR count). The minimum atomic E-state index is 0.415. The first kappa shape index (κ1) is 11.6. The van der Waals surface area contributed by atoms with Crippen LogP contribution in [0.2, 0.25) is 0 Å². The summed E-state index contributed by atoms with van der Waals surface area (Å²) in [5.74, 6) is 1.66. The van der Waals surface area contributed by atoms with Crippen LogP contribution >= 0.6 is 0 Å². The predicted octanol–water partition coefficient (Wildman–Crippen LogP) is 0.895. The third-order valence-corrected chi connectivity index (χ3v) is 2.55. The Morgan fingerprint density at radius 3 is 2.88 bits per heavy atom. The van der Waals surface area contributed by atoms with Crippen LogP contribution in [0.5, 0.6) is 5.75 Å². The number of nitrogens with two attached hydrogens (primary N) is 1. The number of hydrogen-bond donors (Lipinski definition) is 1. The summed E-state index contributed by atoms with van der Waals surface area (Å²) in [6, 6.07) is 7.91. The van der Waals surface area contributed by atoms with Crippen molar-refractivity contribution in [2.45, 2.75) is 13.0 Å². The van der Waals surface area contributed by atoms with Crippen molar-refractivity contribution in [2.24, 2.45) is 12.8 Å². The molecule has 2 N–H and O–H groups in total. The summed E-state index contributed by atoms with van der Waals surface area (Å²) in [5.41, 5.74) is 6.68. The molecule has 1 aromatic heterocycles. The highest BCUT2D eigenvalue weighted by Crippen LogP contribution is 2.19. The molecule has 1 heterocycles. The molecule has 0 aliphatic rings. The van der Waals surface area contributed by atoms with Gasteiger partial charge in [0.1, 0.15) is 18.7 Å². The largest absolute Gasteiger partial charge is 0.485 e. The Morgan fingerprint density at radius 1 is 1.35 bits per heavy atom. The molecule has 0 atom stereocenters. The van der Waals surface area contributed by atoms with E-state index in [9.17, 15) is 0 Å². The molecule has 0 fully saturated rings. The SMILES string of the molecule is Cn1ncnc1COc1ccccc1CCN. The smallest absolute Gasteiger partial charge is 0.164 e. The van der Waals surface area contributed by atoms with E-state index in [-0.39, 0.29) is 0 Å². The zero-order chi connectivity index (χ0) is 12.1. The molecule has 0 saturated carbocycles. The van der Waals surface area contributed by atoms with Crippen molar-refractivity contribution >= 4 is 0 Å². The van der Waals surface area contributed by atoms with E-state index in [4.69, 9.17) is 10.5 Å². The molecule has 90 valence electrons. The highest BCUT2D eigenvalue weighted by Gasteiger charge is 2.05. The maximum Gasteiger partial charge on any atom is 0.164 e. The third-order valence-electron chi connectivity index (χ3n) is 2.55. The van der Waals surface area contributed by atoms with Gasteiger partial charge in [-0.25, -0.2) is 4.98 Å². The topological polar surface area (TPSA) is 66.0 Å². The second-order valence-electron chi connectivity index (χ2n) is 3.73. The highest BCUT2D eigenvalue weighted by molar-refractivity contribution is 5.33. The van der Waals surface area contributed by atoms with Crippen LogP contribution < -0.4 is 10.5 Å². The van der Waals surface area contributed by atoms with Crippen LogP contribution in [0.4, 0.5) is 0 Å². The quantitative estimate of drug-likeness (QED) is 0.831. The van der Waals surface area contributed by atoms with Crippen molar-refractivity contribution in [1.29, 1.82) is 0 Å². The average Bonchev–Trinajstić information content (AvgIpc) is 2.74. The Hall–Kier alpha value is -1.88. The van der Waals surface area contributed by atoms with Gasteiger partial charge in [0.25, 0.3) is 0 Å². The summed E-state index contributed by atoms with van der Waals surface area (Å²) in [6.45, 7) is 1.03. The number of nitrogens with zero attached hydrogens (tertiary/aromatic N) is 3. The summed E-state index contributed by atoms with van der Waals surface area (Å²) in [4.78, 5) is 4.11. The molecule has 0 spiro atoms. The summed E-state index contributed by atoms with van der Waals surface area (Å²) in [7, 11) is 1.84. The molecule has 0 aliphatic heterocycles. The molecule has 0 radical (unpaired) electrons. The number of aromatic nitrogens is 3. The van der Waals surface area contributed by atoms with Crippen molar-refractivity contribution < 1.29 is 4.74 Å². The Labute approximate surface area is 100 Å². The second-order valence-corrected chi connectivity index (χ2v) is 3.73. The van der Waals surface area contributed by atoms with Gasteiger partial charge in [-0.05, 0) is 24.6 Å². The molecule has 5 nitrogen and oxygen atoms in total. The third kappa shape index (κ3) is 2.82. The molecule has 1 aromatic carbocycles. The highest BCUT2D eigenvalue weighted by atomic mass is 16.5. The Morgan fingerprint density at radius 2 is 2.18 bits per heavy atom. The van der Waals surface area contributed by atoms with Gasteiger partial charge in [-0.1, -0.05) is 18.2 Å². The normalized spacial score (nSPS) is 10.5. The van der Waals surface area contributed by atoms with Crippen LogP contribution in [-0.4, -0.2) is 21.3 Å². The Bertz CT molecular complexity index is 481. The van der Waals surface area contributed by atoms with Crippen molar-refractivity contribution in [3.05, 3.63) is 42.0 Å². The molecule has 0 bridgehead atoms. The first-order valence-electron chi connectivity index (χ1n) is 5.55. The Balaban J connectivity index is 2.06. The minimum Gasteiger partial charge on any atom is -0.485 e. The monoisotopic (exact) mass is 232 g/mol. The number of rotatable bonds is 5. The molecule has 0 amide bonds. The predicted molar refractivity (Wildman–Crippen MR) is 64.5 cm³/mol. The maximum atomic E-state index is 5.74. The van der Waals surface area contributed by atoms with Crippen LogP contribution in [0, 0.1) is 0 Å². The van der Waals surface area contributed by atoms with Gasteiger partial charge in [-0.2, -0.15) is 5.10 Å². The van der Waals surface area contributed by atoms with Gasteiger partial charge in [0, 0.05) is 7.05 Å². The molecule has 5 heteroatoms. The summed E-state index contributed by atoms with van der Waals surface area (Å²) in [5, 5.41) is 3.99. The molecule has 0 aliphatic carbocycles. The minimum absolute atomic E-state index is 0.415. The summed E-state index contributed by atoms with van der Waals surface area (Å²) >= 11 is 0. The first-order valence-corrected chi connectivity index (χ1v) is 5.55.